The Kier molecular flexibility index (Phi) is 2.58. The first-order chi connectivity index (χ1) is 8.70. The van der Waals surface area contributed by atoms with Gasteiger partial charge in [-0.1, -0.05) is 12.7 Å². The number of carbonyl (C=O) groups excluding carboxylic acids is 1. The molecule has 0 radical (unpaired) electrons. The molecule has 0 N–H and O–H groups in total. The first kappa shape index (κ1) is 11.3. The maximum Gasteiger partial charge on any atom is 0.246 e. The molecule has 2 unspecified atom stereocenters. The second-order valence-corrected chi connectivity index (χ2v) is 5.01. The SMILES string of the molecule is C=CC(=O)N1C2C=C(c3nccn3C)CC1CC2. The van der Waals surface area contributed by atoms with E-state index in [1.807, 2.05) is 28.9 Å². The van der Waals surface area contributed by atoms with Crippen molar-refractivity contribution in [3.05, 3.63) is 36.9 Å². The summed E-state index contributed by atoms with van der Waals surface area (Å²) >= 11 is 0. The van der Waals surface area contributed by atoms with Gasteiger partial charge in [-0.3, -0.25) is 4.79 Å². The number of aryl methyl sites for hydroxylation is 1. The maximum absolute atomic E-state index is 11.8. The average molecular weight is 243 g/mol. The molecule has 0 aromatic carbocycles. The van der Waals surface area contributed by atoms with Gasteiger partial charge in [0.15, 0.2) is 0 Å². The van der Waals surface area contributed by atoms with E-state index in [1.54, 1.807) is 0 Å². The van der Waals surface area contributed by atoms with Crippen molar-refractivity contribution in [1.82, 2.24) is 14.5 Å². The molecular formula is C14H17N3O. The number of nitrogens with zero attached hydrogens (tertiary/aromatic N) is 3. The van der Waals surface area contributed by atoms with E-state index >= 15 is 0 Å². The highest BCUT2D eigenvalue weighted by Crippen LogP contribution is 2.38. The van der Waals surface area contributed by atoms with Gasteiger partial charge in [-0.15, -0.1) is 0 Å². The zero-order valence-electron chi connectivity index (χ0n) is 10.5. The van der Waals surface area contributed by atoms with E-state index in [-0.39, 0.29) is 11.9 Å². The molecule has 4 nitrogen and oxygen atoms in total. The molecule has 0 saturated carbocycles. The summed E-state index contributed by atoms with van der Waals surface area (Å²) in [6.45, 7) is 3.59. The lowest BCUT2D eigenvalue weighted by Gasteiger charge is -2.33. The summed E-state index contributed by atoms with van der Waals surface area (Å²) < 4.78 is 2.04. The Morgan fingerprint density at radius 1 is 1.56 bits per heavy atom. The Morgan fingerprint density at radius 3 is 3.00 bits per heavy atom. The molecule has 1 aromatic heterocycles. The van der Waals surface area contributed by atoms with E-state index in [0.717, 1.165) is 25.1 Å². The van der Waals surface area contributed by atoms with Crippen LogP contribution in [0, 0.1) is 0 Å². The van der Waals surface area contributed by atoms with Gasteiger partial charge in [0.25, 0.3) is 0 Å². The van der Waals surface area contributed by atoms with Crippen molar-refractivity contribution in [2.45, 2.75) is 31.3 Å². The largest absolute Gasteiger partial charge is 0.334 e. The van der Waals surface area contributed by atoms with Gasteiger partial charge in [-0.25, -0.2) is 4.98 Å². The lowest BCUT2D eigenvalue weighted by Crippen LogP contribution is -2.42. The Hall–Kier alpha value is -1.84. The van der Waals surface area contributed by atoms with Gasteiger partial charge < -0.3 is 9.47 Å². The van der Waals surface area contributed by atoms with Crippen molar-refractivity contribution in [1.29, 1.82) is 0 Å². The topological polar surface area (TPSA) is 38.1 Å². The summed E-state index contributed by atoms with van der Waals surface area (Å²) in [7, 11) is 2.01. The third-order valence-corrected chi connectivity index (χ3v) is 3.93. The van der Waals surface area contributed by atoms with Crippen LogP contribution in [-0.4, -0.2) is 32.4 Å². The molecule has 2 aliphatic rings. The van der Waals surface area contributed by atoms with E-state index in [0.29, 0.717) is 6.04 Å². The Labute approximate surface area is 107 Å². The molecule has 1 amide bonds. The van der Waals surface area contributed by atoms with Crippen molar-refractivity contribution in [3.8, 4) is 0 Å². The Balaban J connectivity index is 1.93. The Bertz CT molecular complexity index is 529. The molecule has 0 spiro atoms. The number of hydrogen-bond acceptors (Lipinski definition) is 2. The van der Waals surface area contributed by atoms with Gasteiger partial charge >= 0.3 is 0 Å². The second kappa shape index (κ2) is 4.12. The van der Waals surface area contributed by atoms with Gasteiger partial charge in [0.1, 0.15) is 5.82 Å². The summed E-state index contributed by atoms with van der Waals surface area (Å²) in [6.07, 6.45) is 10.4. The molecule has 18 heavy (non-hydrogen) atoms. The van der Waals surface area contributed by atoms with Crippen LogP contribution in [0.25, 0.3) is 5.57 Å². The van der Waals surface area contributed by atoms with Crippen molar-refractivity contribution in [2.75, 3.05) is 0 Å². The lowest BCUT2D eigenvalue weighted by molar-refractivity contribution is -0.128. The zero-order valence-corrected chi connectivity index (χ0v) is 10.5. The normalized spacial score (nSPS) is 26.1. The molecule has 0 aliphatic carbocycles. The molecule has 1 fully saturated rings. The van der Waals surface area contributed by atoms with Crippen LogP contribution in [-0.2, 0) is 11.8 Å². The Morgan fingerprint density at radius 2 is 2.39 bits per heavy atom. The smallest absolute Gasteiger partial charge is 0.246 e. The number of aromatic nitrogens is 2. The number of carbonyl (C=O) groups is 1. The zero-order chi connectivity index (χ0) is 12.7. The molecule has 1 aromatic rings. The van der Waals surface area contributed by atoms with Crippen LogP contribution in [0.3, 0.4) is 0 Å². The third-order valence-electron chi connectivity index (χ3n) is 3.93. The van der Waals surface area contributed by atoms with Crippen molar-refractivity contribution < 1.29 is 4.79 Å². The van der Waals surface area contributed by atoms with Gasteiger partial charge in [0.2, 0.25) is 5.91 Å². The van der Waals surface area contributed by atoms with Crippen LogP contribution in [0.1, 0.15) is 25.1 Å². The molecule has 3 heterocycles. The fourth-order valence-electron chi connectivity index (χ4n) is 3.12. The van der Waals surface area contributed by atoms with Crippen LogP contribution < -0.4 is 0 Å². The molecule has 2 aliphatic heterocycles. The number of hydrogen-bond donors (Lipinski definition) is 0. The highest BCUT2D eigenvalue weighted by Gasteiger charge is 2.39. The predicted molar refractivity (Wildman–Crippen MR) is 69.7 cm³/mol. The summed E-state index contributed by atoms with van der Waals surface area (Å²) in [4.78, 5) is 18.2. The number of amides is 1. The molecule has 2 bridgehead atoms. The maximum atomic E-state index is 11.8. The van der Waals surface area contributed by atoms with Crippen LogP contribution in [0.4, 0.5) is 0 Å². The second-order valence-electron chi connectivity index (χ2n) is 5.01. The highest BCUT2D eigenvalue weighted by molar-refractivity contribution is 5.89. The molecular weight excluding hydrogens is 226 g/mol. The van der Waals surface area contributed by atoms with Crippen molar-refractivity contribution in [2.24, 2.45) is 7.05 Å². The third kappa shape index (κ3) is 1.60. The minimum absolute atomic E-state index is 0.0534. The van der Waals surface area contributed by atoms with E-state index in [9.17, 15) is 4.79 Å². The van der Waals surface area contributed by atoms with Gasteiger partial charge in [0, 0.05) is 25.5 Å². The van der Waals surface area contributed by atoms with Gasteiger partial charge in [0.05, 0.1) is 6.04 Å². The van der Waals surface area contributed by atoms with Crippen LogP contribution in [0.15, 0.2) is 31.1 Å². The molecule has 2 atom stereocenters. The molecule has 4 heteroatoms. The van der Waals surface area contributed by atoms with Crippen LogP contribution >= 0.6 is 0 Å². The van der Waals surface area contributed by atoms with Crippen molar-refractivity contribution in [3.63, 3.8) is 0 Å². The fourth-order valence-corrected chi connectivity index (χ4v) is 3.12. The van der Waals surface area contributed by atoms with Crippen LogP contribution in [0.5, 0.6) is 0 Å². The minimum Gasteiger partial charge on any atom is -0.334 e. The first-order valence-electron chi connectivity index (χ1n) is 6.34. The van der Waals surface area contributed by atoms with Crippen LogP contribution in [0.2, 0.25) is 0 Å². The summed E-state index contributed by atoms with van der Waals surface area (Å²) in [5.41, 5.74) is 1.27. The monoisotopic (exact) mass is 243 g/mol. The molecule has 94 valence electrons. The molecule has 3 rings (SSSR count). The van der Waals surface area contributed by atoms with Gasteiger partial charge in [-0.2, -0.15) is 0 Å². The van der Waals surface area contributed by atoms with E-state index < -0.39 is 0 Å². The number of fused-ring (bicyclic) bond motifs is 2. The standard InChI is InChI=1S/C14H17N3O/c1-3-13(18)17-11-4-5-12(17)9-10(8-11)14-15-6-7-16(14)2/h3,6-8,11-12H,1,4-5,9H2,2H3. The first-order valence-corrected chi connectivity index (χ1v) is 6.34. The highest BCUT2D eigenvalue weighted by atomic mass is 16.2. The van der Waals surface area contributed by atoms with Crippen molar-refractivity contribution >= 4 is 11.5 Å². The summed E-state index contributed by atoms with van der Waals surface area (Å²) in [5.74, 6) is 1.08. The fraction of sp³-hybridized carbons (Fsp3) is 0.429. The van der Waals surface area contributed by atoms with E-state index in [4.69, 9.17) is 0 Å². The van der Waals surface area contributed by atoms with E-state index in [1.165, 1.54) is 11.6 Å². The summed E-state index contributed by atoms with van der Waals surface area (Å²) in [5, 5.41) is 0. The summed E-state index contributed by atoms with van der Waals surface area (Å²) in [6, 6.07) is 0.540. The molecule has 1 saturated heterocycles. The predicted octanol–water partition coefficient (Wildman–Crippen LogP) is 1.75. The average Bonchev–Trinajstić information content (AvgIpc) is 2.90. The number of rotatable bonds is 2. The van der Waals surface area contributed by atoms with E-state index in [2.05, 4.69) is 17.6 Å². The quantitative estimate of drug-likeness (QED) is 0.742. The van der Waals surface area contributed by atoms with Gasteiger partial charge in [-0.05, 0) is 30.9 Å². The minimum atomic E-state index is 0.0534. The number of imidazole rings is 1. The lowest BCUT2D eigenvalue weighted by atomic mass is 10.0.